The molecule has 28 heavy (non-hydrogen) atoms. The van der Waals surface area contributed by atoms with Crippen molar-refractivity contribution < 1.29 is 13.2 Å². The molecule has 1 aromatic rings. The number of nitrogens with zero attached hydrogens (tertiary/aromatic N) is 3. The van der Waals surface area contributed by atoms with Gasteiger partial charge in [-0.1, -0.05) is 18.2 Å². The number of hydrogen-bond acceptors (Lipinski definition) is 3. The van der Waals surface area contributed by atoms with Crippen molar-refractivity contribution in [3.05, 3.63) is 30.3 Å². The first-order chi connectivity index (χ1) is 13.4. The molecule has 1 aromatic carbocycles. The van der Waals surface area contributed by atoms with Gasteiger partial charge in [-0.3, -0.25) is 9.89 Å². The van der Waals surface area contributed by atoms with Crippen molar-refractivity contribution in [3.8, 4) is 0 Å². The normalized spacial score (nSPS) is 24.1. The molecular weight excluding hydrogens is 385 g/mol. The largest absolute Gasteiger partial charge is 0.401 e. The van der Waals surface area contributed by atoms with E-state index in [1.165, 1.54) is 9.80 Å². The average Bonchev–Trinajstić information content (AvgIpc) is 3.30. The Bertz CT molecular complexity index is 638. The standard InChI is InChI=1S/C20H29F3N4S/c1-24-19(25-11-16-7-9-26(12-16)15-20(21,22)23)27-10-8-17(13-27)14-28-18-5-3-2-4-6-18/h2-6,16-17H,7-15H2,1H3,(H,24,25). The SMILES string of the molecule is CN=C(NCC1CCN(CC(F)(F)F)C1)N1CCC(CSc2ccccc2)C1. The van der Waals surface area contributed by atoms with E-state index in [2.05, 4.69) is 39.5 Å². The van der Waals surface area contributed by atoms with Crippen LogP contribution in [0.15, 0.2) is 40.2 Å². The van der Waals surface area contributed by atoms with Crippen molar-refractivity contribution in [2.24, 2.45) is 16.8 Å². The van der Waals surface area contributed by atoms with Crippen LogP contribution in [0.5, 0.6) is 0 Å². The number of nitrogens with one attached hydrogen (secondary N) is 1. The minimum absolute atomic E-state index is 0.242. The highest BCUT2D eigenvalue weighted by molar-refractivity contribution is 7.99. The average molecular weight is 415 g/mol. The smallest absolute Gasteiger partial charge is 0.356 e. The molecule has 0 bridgehead atoms. The summed E-state index contributed by atoms with van der Waals surface area (Å²) < 4.78 is 37.6. The van der Waals surface area contributed by atoms with Gasteiger partial charge in [-0.05, 0) is 43.4 Å². The predicted molar refractivity (Wildman–Crippen MR) is 109 cm³/mol. The van der Waals surface area contributed by atoms with E-state index in [0.717, 1.165) is 37.6 Å². The van der Waals surface area contributed by atoms with Gasteiger partial charge in [-0.2, -0.15) is 13.2 Å². The number of alkyl halides is 3. The van der Waals surface area contributed by atoms with E-state index in [0.29, 0.717) is 25.6 Å². The van der Waals surface area contributed by atoms with Gasteiger partial charge in [0.05, 0.1) is 6.54 Å². The monoisotopic (exact) mass is 414 g/mol. The minimum atomic E-state index is -4.11. The van der Waals surface area contributed by atoms with Crippen LogP contribution in [-0.4, -0.2) is 74.0 Å². The van der Waals surface area contributed by atoms with Crippen molar-refractivity contribution in [3.63, 3.8) is 0 Å². The number of halogens is 3. The Hall–Kier alpha value is -1.41. The third-order valence-electron chi connectivity index (χ3n) is 5.35. The van der Waals surface area contributed by atoms with E-state index in [-0.39, 0.29) is 5.92 Å². The molecule has 1 N–H and O–H groups in total. The Balaban J connectivity index is 1.39. The van der Waals surface area contributed by atoms with Crippen LogP contribution >= 0.6 is 11.8 Å². The zero-order valence-electron chi connectivity index (χ0n) is 16.3. The van der Waals surface area contributed by atoms with Crippen molar-refractivity contribution in [2.75, 3.05) is 52.1 Å². The summed E-state index contributed by atoms with van der Waals surface area (Å²) in [6.07, 6.45) is -2.17. The Labute approximate surface area is 169 Å². The van der Waals surface area contributed by atoms with Crippen LogP contribution in [0.25, 0.3) is 0 Å². The molecule has 2 heterocycles. The molecule has 0 spiro atoms. The van der Waals surface area contributed by atoms with Crippen LogP contribution in [0.4, 0.5) is 13.2 Å². The van der Waals surface area contributed by atoms with Crippen molar-refractivity contribution in [1.29, 1.82) is 0 Å². The predicted octanol–water partition coefficient (Wildman–Crippen LogP) is 3.56. The summed E-state index contributed by atoms with van der Waals surface area (Å²) >= 11 is 1.89. The maximum absolute atomic E-state index is 12.5. The number of benzene rings is 1. The van der Waals surface area contributed by atoms with E-state index >= 15 is 0 Å². The second-order valence-electron chi connectivity index (χ2n) is 7.66. The third-order valence-corrected chi connectivity index (χ3v) is 6.59. The molecule has 2 aliphatic heterocycles. The third kappa shape index (κ3) is 6.58. The van der Waals surface area contributed by atoms with Gasteiger partial charge in [-0.15, -0.1) is 11.8 Å². The first kappa shape index (κ1) is 21.3. The van der Waals surface area contributed by atoms with Gasteiger partial charge in [0.25, 0.3) is 0 Å². The fourth-order valence-electron chi connectivity index (χ4n) is 3.94. The molecule has 2 unspecified atom stereocenters. The number of hydrogen-bond donors (Lipinski definition) is 1. The van der Waals surface area contributed by atoms with E-state index in [9.17, 15) is 13.2 Å². The summed E-state index contributed by atoms with van der Waals surface area (Å²) in [6.45, 7) is 2.85. The Kier molecular flexibility index (Phi) is 7.51. The molecule has 2 aliphatic rings. The number of guanidine groups is 1. The summed E-state index contributed by atoms with van der Waals surface area (Å²) in [4.78, 5) is 9.47. The summed E-state index contributed by atoms with van der Waals surface area (Å²) in [5, 5.41) is 3.39. The molecule has 3 rings (SSSR count). The number of rotatable bonds is 6. The summed E-state index contributed by atoms with van der Waals surface area (Å²) in [7, 11) is 1.78. The first-order valence-electron chi connectivity index (χ1n) is 9.85. The highest BCUT2D eigenvalue weighted by Crippen LogP contribution is 2.26. The molecule has 2 atom stereocenters. The molecule has 4 nitrogen and oxygen atoms in total. The zero-order chi connectivity index (χ0) is 20.0. The van der Waals surface area contributed by atoms with Crippen LogP contribution in [-0.2, 0) is 0 Å². The zero-order valence-corrected chi connectivity index (χ0v) is 17.1. The lowest BCUT2D eigenvalue weighted by Gasteiger charge is -2.23. The summed E-state index contributed by atoms with van der Waals surface area (Å²) in [5.41, 5.74) is 0. The topological polar surface area (TPSA) is 30.9 Å². The molecule has 0 radical (unpaired) electrons. The molecule has 2 fully saturated rings. The molecule has 0 aliphatic carbocycles. The number of likely N-dealkylation sites (tertiary alicyclic amines) is 2. The highest BCUT2D eigenvalue weighted by Gasteiger charge is 2.34. The maximum atomic E-state index is 12.5. The van der Waals surface area contributed by atoms with Gasteiger partial charge in [0.15, 0.2) is 5.96 Å². The summed E-state index contributed by atoms with van der Waals surface area (Å²) in [6, 6.07) is 10.4. The summed E-state index contributed by atoms with van der Waals surface area (Å²) in [5.74, 6) is 2.83. The Morgan fingerprint density at radius 2 is 1.89 bits per heavy atom. The van der Waals surface area contributed by atoms with E-state index in [4.69, 9.17) is 0 Å². The quantitative estimate of drug-likeness (QED) is 0.438. The molecule has 2 saturated heterocycles. The van der Waals surface area contributed by atoms with Crippen LogP contribution in [0.2, 0.25) is 0 Å². The number of thioether (sulfide) groups is 1. The first-order valence-corrected chi connectivity index (χ1v) is 10.8. The van der Waals surface area contributed by atoms with Gasteiger partial charge >= 0.3 is 6.18 Å². The van der Waals surface area contributed by atoms with Crippen LogP contribution in [0, 0.1) is 11.8 Å². The lowest BCUT2D eigenvalue weighted by atomic mass is 10.1. The van der Waals surface area contributed by atoms with Gasteiger partial charge in [-0.25, -0.2) is 0 Å². The lowest BCUT2D eigenvalue weighted by Crippen LogP contribution is -2.42. The second-order valence-corrected chi connectivity index (χ2v) is 8.75. The van der Waals surface area contributed by atoms with Gasteiger partial charge in [0.2, 0.25) is 0 Å². The van der Waals surface area contributed by atoms with Crippen LogP contribution in [0.3, 0.4) is 0 Å². The van der Waals surface area contributed by atoms with E-state index in [1.807, 2.05) is 17.8 Å². The molecule has 0 saturated carbocycles. The molecule has 0 aromatic heterocycles. The minimum Gasteiger partial charge on any atom is -0.356 e. The van der Waals surface area contributed by atoms with Gasteiger partial charge in [0.1, 0.15) is 0 Å². The Morgan fingerprint density at radius 1 is 1.14 bits per heavy atom. The fourth-order valence-corrected chi connectivity index (χ4v) is 4.99. The second kappa shape index (κ2) is 9.87. The highest BCUT2D eigenvalue weighted by atomic mass is 32.2. The van der Waals surface area contributed by atoms with Crippen molar-refractivity contribution in [2.45, 2.75) is 23.9 Å². The maximum Gasteiger partial charge on any atom is 0.401 e. The molecule has 156 valence electrons. The van der Waals surface area contributed by atoms with Gasteiger partial charge < -0.3 is 10.2 Å². The Morgan fingerprint density at radius 3 is 2.61 bits per heavy atom. The van der Waals surface area contributed by atoms with Gasteiger partial charge in [0, 0.05) is 43.9 Å². The van der Waals surface area contributed by atoms with Crippen molar-refractivity contribution >= 4 is 17.7 Å². The molecule has 0 amide bonds. The fraction of sp³-hybridized carbons (Fsp3) is 0.650. The van der Waals surface area contributed by atoms with Crippen molar-refractivity contribution in [1.82, 2.24) is 15.1 Å². The number of aliphatic imine (C=N–C) groups is 1. The molecule has 8 heteroatoms. The van der Waals surface area contributed by atoms with Crippen LogP contribution in [0.1, 0.15) is 12.8 Å². The lowest BCUT2D eigenvalue weighted by molar-refractivity contribution is -0.143. The van der Waals surface area contributed by atoms with E-state index < -0.39 is 12.7 Å². The van der Waals surface area contributed by atoms with E-state index in [1.54, 1.807) is 7.05 Å². The van der Waals surface area contributed by atoms with Crippen LogP contribution < -0.4 is 5.32 Å². The molecular formula is C20H29F3N4S.